The normalized spacial score (nSPS) is 21.3. The lowest BCUT2D eigenvalue weighted by molar-refractivity contribution is -0.116. The third-order valence-electron chi connectivity index (χ3n) is 4.18. The van der Waals surface area contributed by atoms with Crippen LogP contribution in [0.15, 0.2) is 18.2 Å². The largest absolute Gasteiger partial charge is 0.350 e. The van der Waals surface area contributed by atoms with Gasteiger partial charge >= 0.3 is 0 Å². The maximum Gasteiger partial charge on any atom is 0.251 e. The lowest BCUT2D eigenvalue weighted by Gasteiger charge is -2.23. The number of piperidine rings is 1. The van der Waals surface area contributed by atoms with Gasteiger partial charge in [0.05, 0.1) is 0 Å². The lowest BCUT2D eigenvalue weighted by Crippen LogP contribution is -2.43. The highest BCUT2D eigenvalue weighted by atomic mass is 16.2. The molecule has 3 N–H and O–H groups in total. The molecule has 3 rings (SSSR count). The molecule has 0 aromatic heterocycles. The van der Waals surface area contributed by atoms with E-state index in [4.69, 9.17) is 0 Å². The SMILES string of the molecule is O=C1CCc2cc(C(=O)NCC3CCCCN3)ccc2N1. The highest BCUT2D eigenvalue weighted by Gasteiger charge is 2.18. The number of rotatable bonds is 3. The minimum absolute atomic E-state index is 0.0397. The molecule has 112 valence electrons. The van der Waals surface area contributed by atoms with Crippen molar-refractivity contribution in [2.75, 3.05) is 18.4 Å². The molecule has 0 aliphatic carbocycles. The lowest BCUT2D eigenvalue weighted by atomic mass is 10.00. The van der Waals surface area contributed by atoms with Gasteiger partial charge in [0.25, 0.3) is 5.91 Å². The Morgan fingerprint density at radius 3 is 3.00 bits per heavy atom. The molecule has 1 atom stereocenters. The number of fused-ring (bicyclic) bond motifs is 1. The predicted octanol–water partition coefficient (Wildman–Crippen LogP) is 1.44. The number of carbonyl (C=O) groups excluding carboxylic acids is 2. The number of aryl methyl sites for hydroxylation is 1. The number of carbonyl (C=O) groups is 2. The summed E-state index contributed by atoms with van der Waals surface area (Å²) in [5, 5.41) is 9.24. The van der Waals surface area contributed by atoms with Gasteiger partial charge in [-0.15, -0.1) is 0 Å². The fraction of sp³-hybridized carbons (Fsp3) is 0.500. The average Bonchev–Trinajstić information content (AvgIpc) is 2.53. The zero-order chi connectivity index (χ0) is 14.7. The van der Waals surface area contributed by atoms with Crippen LogP contribution in [0.1, 0.15) is 41.6 Å². The van der Waals surface area contributed by atoms with Crippen molar-refractivity contribution in [1.29, 1.82) is 0 Å². The Kier molecular flexibility index (Phi) is 4.20. The number of hydrogen-bond acceptors (Lipinski definition) is 3. The Balaban J connectivity index is 1.60. The monoisotopic (exact) mass is 287 g/mol. The summed E-state index contributed by atoms with van der Waals surface area (Å²) in [5.41, 5.74) is 2.54. The molecular weight excluding hydrogens is 266 g/mol. The zero-order valence-corrected chi connectivity index (χ0v) is 12.1. The topological polar surface area (TPSA) is 70.2 Å². The molecule has 1 saturated heterocycles. The number of amides is 2. The van der Waals surface area contributed by atoms with E-state index in [2.05, 4.69) is 16.0 Å². The van der Waals surface area contributed by atoms with E-state index in [1.54, 1.807) is 6.07 Å². The molecule has 5 nitrogen and oxygen atoms in total. The molecule has 0 bridgehead atoms. The number of nitrogens with one attached hydrogen (secondary N) is 3. The van der Waals surface area contributed by atoms with E-state index in [1.165, 1.54) is 12.8 Å². The van der Waals surface area contributed by atoms with Crippen molar-refractivity contribution in [2.24, 2.45) is 0 Å². The van der Waals surface area contributed by atoms with E-state index in [0.717, 1.165) is 24.2 Å². The third-order valence-corrected chi connectivity index (χ3v) is 4.18. The van der Waals surface area contributed by atoms with Crippen molar-refractivity contribution in [1.82, 2.24) is 10.6 Å². The zero-order valence-electron chi connectivity index (χ0n) is 12.1. The van der Waals surface area contributed by atoms with Gasteiger partial charge in [-0.25, -0.2) is 0 Å². The third kappa shape index (κ3) is 3.42. The van der Waals surface area contributed by atoms with Gasteiger partial charge < -0.3 is 16.0 Å². The minimum Gasteiger partial charge on any atom is -0.350 e. The van der Waals surface area contributed by atoms with Crippen LogP contribution in [0, 0.1) is 0 Å². The molecule has 1 unspecified atom stereocenters. The molecule has 1 fully saturated rings. The molecule has 2 aliphatic heterocycles. The van der Waals surface area contributed by atoms with E-state index in [-0.39, 0.29) is 11.8 Å². The van der Waals surface area contributed by atoms with Crippen molar-refractivity contribution in [3.63, 3.8) is 0 Å². The van der Waals surface area contributed by atoms with Crippen LogP contribution < -0.4 is 16.0 Å². The van der Waals surface area contributed by atoms with Crippen molar-refractivity contribution < 1.29 is 9.59 Å². The smallest absolute Gasteiger partial charge is 0.251 e. The summed E-state index contributed by atoms with van der Waals surface area (Å²) in [6, 6.07) is 5.87. The van der Waals surface area contributed by atoms with Gasteiger partial charge in [-0.2, -0.15) is 0 Å². The van der Waals surface area contributed by atoms with Crippen molar-refractivity contribution in [3.05, 3.63) is 29.3 Å². The van der Waals surface area contributed by atoms with Gasteiger partial charge in [-0.05, 0) is 49.6 Å². The summed E-state index contributed by atoms with van der Waals surface area (Å²) < 4.78 is 0. The molecule has 0 radical (unpaired) electrons. The van der Waals surface area contributed by atoms with Gasteiger partial charge in [0, 0.05) is 30.3 Å². The van der Waals surface area contributed by atoms with Crippen molar-refractivity contribution in [3.8, 4) is 0 Å². The molecular formula is C16H21N3O2. The second-order valence-corrected chi connectivity index (χ2v) is 5.78. The Morgan fingerprint density at radius 2 is 2.19 bits per heavy atom. The van der Waals surface area contributed by atoms with Gasteiger partial charge in [0.15, 0.2) is 0 Å². The Morgan fingerprint density at radius 1 is 1.29 bits per heavy atom. The molecule has 0 saturated carbocycles. The Hall–Kier alpha value is -1.88. The standard InChI is InChI=1S/C16H21N3O2/c20-15-7-5-11-9-12(4-6-14(11)19-15)16(21)18-10-13-3-1-2-8-17-13/h4,6,9,13,17H,1-3,5,7-8,10H2,(H,18,21)(H,19,20). The summed E-state index contributed by atoms with van der Waals surface area (Å²) in [6.45, 7) is 1.71. The van der Waals surface area contributed by atoms with Crippen LogP contribution in [0.3, 0.4) is 0 Å². The first-order chi connectivity index (χ1) is 10.2. The number of hydrogen-bond donors (Lipinski definition) is 3. The molecule has 21 heavy (non-hydrogen) atoms. The summed E-state index contributed by atoms with van der Waals surface area (Å²) >= 11 is 0. The Bertz CT molecular complexity index is 550. The first kappa shape index (κ1) is 14.1. The van der Waals surface area contributed by atoms with Crippen LogP contribution in [-0.4, -0.2) is 30.9 Å². The van der Waals surface area contributed by atoms with Crippen LogP contribution in [0.25, 0.3) is 0 Å². The fourth-order valence-electron chi connectivity index (χ4n) is 2.94. The van der Waals surface area contributed by atoms with Gasteiger partial charge in [0.1, 0.15) is 0 Å². The predicted molar refractivity (Wildman–Crippen MR) is 81.4 cm³/mol. The van der Waals surface area contributed by atoms with Crippen LogP contribution in [0.5, 0.6) is 0 Å². The molecule has 0 spiro atoms. The van der Waals surface area contributed by atoms with E-state index in [0.29, 0.717) is 31.0 Å². The van der Waals surface area contributed by atoms with Crippen molar-refractivity contribution >= 4 is 17.5 Å². The van der Waals surface area contributed by atoms with Crippen LogP contribution in [0.4, 0.5) is 5.69 Å². The highest BCUT2D eigenvalue weighted by molar-refractivity contribution is 5.97. The number of anilines is 1. The van der Waals surface area contributed by atoms with Crippen LogP contribution in [-0.2, 0) is 11.2 Å². The first-order valence-electron chi connectivity index (χ1n) is 7.67. The van der Waals surface area contributed by atoms with Gasteiger partial charge in [0.2, 0.25) is 5.91 Å². The maximum atomic E-state index is 12.2. The van der Waals surface area contributed by atoms with E-state index in [1.807, 2.05) is 12.1 Å². The molecule has 2 amide bonds. The Labute approximate surface area is 124 Å². The fourth-order valence-corrected chi connectivity index (χ4v) is 2.94. The van der Waals surface area contributed by atoms with E-state index < -0.39 is 0 Å². The highest BCUT2D eigenvalue weighted by Crippen LogP contribution is 2.23. The summed E-state index contributed by atoms with van der Waals surface area (Å²) in [7, 11) is 0. The molecule has 5 heteroatoms. The summed E-state index contributed by atoms with van der Waals surface area (Å²) in [6.07, 6.45) is 4.76. The second-order valence-electron chi connectivity index (χ2n) is 5.78. The molecule has 2 heterocycles. The summed E-state index contributed by atoms with van der Waals surface area (Å²) in [5.74, 6) is 0.00477. The van der Waals surface area contributed by atoms with Crippen LogP contribution in [0.2, 0.25) is 0 Å². The second kappa shape index (κ2) is 6.26. The maximum absolute atomic E-state index is 12.2. The van der Waals surface area contributed by atoms with Crippen LogP contribution >= 0.6 is 0 Å². The van der Waals surface area contributed by atoms with Crippen molar-refractivity contribution in [2.45, 2.75) is 38.1 Å². The minimum atomic E-state index is -0.0397. The molecule has 1 aromatic rings. The van der Waals surface area contributed by atoms with E-state index in [9.17, 15) is 9.59 Å². The average molecular weight is 287 g/mol. The number of benzene rings is 1. The first-order valence-corrected chi connectivity index (χ1v) is 7.67. The van der Waals surface area contributed by atoms with Gasteiger partial charge in [-0.1, -0.05) is 6.42 Å². The molecule has 2 aliphatic rings. The molecule has 1 aromatic carbocycles. The summed E-state index contributed by atoms with van der Waals surface area (Å²) in [4.78, 5) is 23.5. The van der Waals surface area contributed by atoms with Gasteiger partial charge in [-0.3, -0.25) is 9.59 Å². The van der Waals surface area contributed by atoms with E-state index >= 15 is 0 Å². The quantitative estimate of drug-likeness (QED) is 0.788.